The van der Waals surface area contributed by atoms with E-state index in [9.17, 15) is 4.39 Å². The van der Waals surface area contributed by atoms with E-state index in [-0.39, 0.29) is 6.54 Å². The third-order valence-electron chi connectivity index (χ3n) is 4.26. The molecule has 3 aromatic rings. The van der Waals surface area contributed by atoms with Crippen molar-refractivity contribution in [2.24, 2.45) is 0 Å². The maximum Gasteiger partial charge on any atom is 0.308 e. The number of ether oxygens (including phenoxy) is 1. The topological polar surface area (TPSA) is 78.9 Å². The lowest BCUT2D eigenvalue weighted by atomic mass is 10.0. The molecule has 0 spiro atoms. The van der Waals surface area contributed by atoms with Gasteiger partial charge in [0.25, 0.3) is 0 Å². The first-order chi connectivity index (χ1) is 13.2. The molecule has 0 radical (unpaired) electrons. The van der Waals surface area contributed by atoms with E-state index in [4.69, 9.17) is 9.15 Å². The number of rotatable bonds is 5. The van der Waals surface area contributed by atoms with E-state index in [1.54, 1.807) is 42.2 Å². The molecule has 0 fully saturated rings. The van der Waals surface area contributed by atoms with Crippen LogP contribution < -0.4 is 4.74 Å². The lowest BCUT2D eigenvalue weighted by Crippen LogP contribution is -2.14. The molecule has 27 heavy (non-hydrogen) atoms. The molecule has 0 bridgehead atoms. The number of allylic oxidation sites excluding steroid dienone is 4. The maximum absolute atomic E-state index is 14.3. The molecule has 8 heteroatoms. The zero-order chi connectivity index (χ0) is 18.8. The van der Waals surface area contributed by atoms with Gasteiger partial charge >= 0.3 is 5.95 Å². The van der Waals surface area contributed by atoms with Gasteiger partial charge in [-0.2, -0.15) is 5.10 Å². The van der Waals surface area contributed by atoms with Gasteiger partial charge in [-0.25, -0.2) is 19.3 Å². The van der Waals surface area contributed by atoms with E-state index in [2.05, 4.69) is 20.1 Å². The van der Waals surface area contributed by atoms with Crippen LogP contribution in [0.4, 0.5) is 4.39 Å². The second kappa shape index (κ2) is 7.14. The van der Waals surface area contributed by atoms with Gasteiger partial charge in [-0.05, 0) is 18.6 Å². The fourth-order valence-electron chi connectivity index (χ4n) is 2.90. The second-order valence-corrected chi connectivity index (χ2v) is 6.11. The van der Waals surface area contributed by atoms with Crippen molar-refractivity contribution in [2.45, 2.75) is 26.1 Å². The summed E-state index contributed by atoms with van der Waals surface area (Å²) < 4.78 is 26.8. The van der Waals surface area contributed by atoms with E-state index in [0.29, 0.717) is 46.7 Å². The number of hydrogen-bond acceptors (Lipinski definition) is 6. The number of methoxy groups -OCH3 is 1. The van der Waals surface area contributed by atoms with Crippen LogP contribution in [-0.4, -0.2) is 38.0 Å². The summed E-state index contributed by atoms with van der Waals surface area (Å²) >= 11 is 0. The molecule has 0 aliphatic heterocycles. The summed E-state index contributed by atoms with van der Waals surface area (Å²) in [6.45, 7) is 2.07. The number of alkyl halides is 1. The van der Waals surface area contributed by atoms with E-state index < -0.39 is 6.17 Å². The van der Waals surface area contributed by atoms with Crippen molar-refractivity contribution in [3.63, 3.8) is 0 Å². The quantitative estimate of drug-likeness (QED) is 0.686. The first kappa shape index (κ1) is 17.1. The summed E-state index contributed by atoms with van der Waals surface area (Å²) in [7, 11) is 1.52. The molecule has 4 rings (SSSR count). The zero-order valence-corrected chi connectivity index (χ0v) is 15.0. The molecular formula is C19H18FN5O2. The number of aromatic nitrogens is 5. The fraction of sp³-hybridized carbons (Fsp3) is 0.263. The van der Waals surface area contributed by atoms with Crippen molar-refractivity contribution in [2.75, 3.05) is 7.11 Å². The van der Waals surface area contributed by atoms with Gasteiger partial charge in [0.1, 0.15) is 23.3 Å². The van der Waals surface area contributed by atoms with Crippen LogP contribution in [0.15, 0.2) is 52.7 Å². The molecule has 1 atom stereocenters. The Balaban J connectivity index is 1.78. The highest BCUT2D eigenvalue weighted by atomic mass is 19.1. The summed E-state index contributed by atoms with van der Waals surface area (Å²) in [5, 5.41) is 4.57. The van der Waals surface area contributed by atoms with Crippen molar-refractivity contribution in [1.29, 1.82) is 0 Å². The van der Waals surface area contributed by atoms with Gasteiger partial charge < -0.3 is 9.15 Å². The number of oxazole rings is 1. The van der Waals surface area contributed by atoms with Crippen molar-refractivity contribution in [3.8, 4) is 29.0 Å². The van der Waals surface area contributed by atoms with Crippen LogP contribution in [0.2, 0.25) is 0 Å². The van der Waals surface area contributed by atoms with Gasteiger partial charge in [-0.3, -0.25) is 4.68 Å². The van der Waals surface area contributed by atoms with Crippen LogP contribution in [0.5, 0.6) is 5.95 Å². The molecule has 0 aromatic carbocycles. The van der Waals surface area contributed by atoms with Gasteiger partial charge in [0.15, 0.2) is 5.82 Å². The van der Waals surface area contributed by atoms with E-state index in [1.165, 1.54) is 7.11 Å². The minimum absolute atomic E-state index is 0.275. The molecule has 1 unspecified atom stereocenters. The molecule has 1 aliphatic carbocycles. The van der Waals surface area contributed by atoms with Gasteiger partial charge in [0, 0.05) is 24.9 Å². The Labute approximate surface area is 155 Å². The number of hydrogen-bond donors (Lipinski definition) is 0. The molecule has 0 N–H and O–H groups in total. The Morgan fingerprint density at radius 2 is 2.15 bits per heavy atom. The Hall–Kier alpha value is -3.29. The third kappa shape index (κ3) is 3.38. The summed E-state index contributed by atoms with van der Waals surface area (Å²) in [5.41, 5.74) is 2.42. The highest BCUT2D eigenvalue weighted by molar-refractivity contribution is 5.60. The zero-order valence-electron chi connectivity index (χ0n) is 15.0. The van der Waals surface area contributed by atoms with Crippen LogP contribution >= 0.6 is 0 Å². The Morgan fingerprint density at radius 3 is 2.85 bits per heavy atom. The SMILES string of the molecule is COc1oc(-c2cc(-c3ncccn3)nn2CC2=CC=CCC2F)nc1C. The number of nitrogens with zero attached hydrogens (tertiary/aromatic N) is 5. The molecule has 3 aromatic heterocycles. The third-order valence-corrected chi connectivity index (χ3v) is 4.26. The van der Waals surface area contributed by atoms with Crippen LogP contribution in [0.1, 0.15) is 12.1 Å². The lowest BCUT2D eigenvalue weighted by molar-refractivity contribution is 0.305. The van der Waals surface area contributed by atoms with Gasteiger partial charge in [0.2, 0.25) is 5.89 Å². The molecular weight excluding hydrogens is 349 g/mol. The van der Waals surface area contributed by atoms with Gasteiger partial charge in [-0.15, -0.1) is 0 Å². The Kier molecular flexibility index (Phi) is 4.53. The van der Waals surface area contributed by atoms with Gasteiger partial charge in [-0.1, -0.05) is 18.2 Å². The predicted octanol–water partition coefficient (Wildman–Crippen LogP) is 3.54. The van der Waals surface area contributed by atoms with Crippen molar-refractivity contribution < 1.29 is 13.5 Å². The van der Waals surface area contributed by atoms with Crippen molar-refractivity contribution >= 4 is 0 Å². The fourth-order valence-corrected chi connectivity index (χ4v) is 2.90. The molecule has 0 saturated carbocycles. The standard InChI is InChI=1S/C19H18FN5O2/c1-12-19(26-2)27-18(23-12)16-10-15(17-21-8-5-9-22-17)24-25(16)11-13-6-3-4-7-14(13)20/h3-6,8-10,14H,7,11H2,1-2H3. The van der Waals surface area contributed by atoms with Crippen LogP contribution in [0.25, 0.3) is 23.1 Å². The Morgan fingerprint density at radius 1 is 1.33 bits per heavy atom. The molecule has 1 aliphatic rings. The Bertz CT molecular complexity index is 1010. The summed E-state index contributed by atoms with van der Waals surface area (Å²) in [5.74, 6) is 1.15. The van der Waals surface area contributed by atoms with Crippen LogP contribution in [-0.2, 0) is 6.54 Å². The minimum Gasteiger partial charge on any atom is -0.467 e. The van der Waals surface area contributed by atoms with Crippen molar-refractivity contribution in [1.82, 2.24) is 24.7 Å². The van der Waals surface area contributed by atoms with Crippen molar-refractivity contribution in [3.05, 3.63) is 54.0 Å². The first-order valence-electron chi connectivity index (χ1n) is 8.52. The summed E-state index contributed by atoms with van der Waals surface area (Å²) in [6, 6.07) is 3.52. The van der Waals surface area contributed by atoms with E-state index >= 15 is 0 Å². The monoisotopic (exact) mass is 367 g/mol. The summed E-state index contributed by atoms with van der Waals surface area (Å²) in [4.78, 5) is 12.9. The number of halogens is 1. The van der Waals surface area contributed by atoms with Gasteiger partial charge in [0.05, 0.1) is 13.7 Å². The smallest absolute Gasteiger partial charge is 0.308 e. The summed E-state index contributed by atoms with van der Waals surface area (Å²) in [6.07, 6.45) is 8.06. The second-order valence-electron chi connectivity index (χ2n) is 6.11. The highest BCUT2D eigenvalue weighted by Gasteiger charge is 2.22. The maximum atomic E-state index is 14.3. The average Bonchev–Trinajstić information content (AvgIpc) is 3.27. The number of aryl methyl sites for hydroxylation is 1. The van der Waals surface area contributed by atoms with Crippen LogP contribution in [0, 0.1) is 6.92 Å². The first-order valence-corrected chi connectivity index (χ1v) is 8.52. The average molecular weight is 367 g/mol. The molecule has 7 nitrogen and oxygen atoms in total. The van der Waals surface area contributed by atoms with E-state index in [1.807, 2.05) is 12.2 Å². The normalized spacial score (nSPS) is 16.4. The molecule has 138 valence electrons. The molecule has 0 saturated heterocycles. The molecule has 0 amide bonds. The lowest BCUT2D eigenvalue weighted by Gasteiger charge is -2.15. The minimum atomic E-state index is -1.04. The van der Waals surface area contributed by atoms with E-state index in [0.717, 1.165) is 0 Å². The molecule has 3 heterocycles. The largest absolute Gasteiger partial charge is 0.467 e. The predicted molar refractivity (Wildman–Crippen MR) is 96.8 cm³/mol. The van der Waals surface area contributed by atoms with Crippen LogP contribution in [0.3, 0.4) is 0 Å². The highest BCUT2D eigenvalue weighted by Crippen LogP contribution is 2.30.